The molecule has 0 aliphatic heterocycles. The first-order valence-electron chi connectivity index (χ1n) is 7.93. The molecule has 0 bridgehead atoms. The van der Waals surface area contributed by atoms with Crippen molar-refractivity contribution in [3.63, 3.8) is 0 Å². The number of methoxy groups -OCH3 is 1. The third kappa shape index (κ3) is 4.23. The number of pyridine rings is 1. The van der Waals surface area contributed by atoms with Gasteiger partial charge in [0, 0.05) is 24.4 Å². The average molecular weight is 337 g/mol. The molecule has 0 fully saturated rings. The van der Waals surface area contributed by atoms with Gasteiger partial charge in [0.2, 0.25) is 17.7 Å². The molecule has 1 amide bonds. The van der Waals surface area contributed by atoms with Crippen LogP contribution >= 0.6 is 0 Å². The molecule has 25 heavy (non-hydrogen) atoms. The lowest BCUT2D eigenvalue weighted by atomic mass is 10.2. The van der Waals surface area contributed by atoms with Crippen molar-refractivity contribution >= 4 is 5.91 Å². The van der Waals surface area contributed by atoms with Gasteiger partial charge < -0.3 is 14.5 Å². The Kier molecular flexibility index (Phi) is 5.09. The van der Waals surface area contributed by atoms with Crippen molar-refractivity contribution in [1.29, 1.82) is 0 Å². The zero-order valence-electron chi connectivity index (χ0n) is 14.2. The number of hydrogen-bond acceptors (Lipinski definition) is 5. The molecule has 1 aromatic carbocycles. The Bertz CT molecular complexity index is 842. The molecule has 6 heteroatoms. The number of rotatable bonds is 6. The highest BCUT2D eigenvalue weighted by Crippen LogP contribution is 2.21. The van der Waals surface area contributed by atoms with Gasteiger partial charge in [0.05, 0.1) is 19.2 Å². The highest BCUT2D eigenvalue weighted by Gasteiger charge is 2.14. The van der Waals surface area contributed by atoms with E-state index >= 15 is 0 Å². The number of nitrogens with zero attached hydrogens (tertiary/aromatic N) is 2. The van der Waals surface area contributed by atoms with E-state index in [1.807, 2.05) is 43.3 Å². The third-order valence-electron chi connectivity index (χ3n) is 3.74. The topological polar surface area (TPSA) is 77.2 Å². The zero-order chi connectivity index (χ0) is 17.6. The lowest BCUT2D eigenvalue weighted by molar-refractivity contribution is -0.120. The Balaban J connectivity index is 1.60. The first-order valence-corrected chi connectivity index (χ1v) is 7.93. The third-order valence-corrected chi connectivity index (χ3v) is 3.74. The smallest absolute Gasteiger partial charge is 0.226 e. The minimum atomic E-state index is -0.119. The SMILES string of the molecule is COc1ccc(CNC(=O)Cc2nc(-c3ccccc3)oc2C)cn1. The van der Waals surface area contributed by atoms with Gasteiger partial charge in [0.1, 0.15) is 5.76 Å². The van der Waals surface area contributed by atoms with E-state index in [2.05, 4.69) is 15.3 Å². The number of benzene rings is 1. The van der Waals surface area contributed by atoms with Crippen LogP contribution in [0.2, 0.25) is 0 Å². The minimum absolute atomic E-state index is 0.119. The number of aromatic nitrogens is 2. The summed E-state index contributed by atoms with van der Waals surface area (Å²) in [6, 6.07) is 13.2. The summed E-state index contributed by atoms with van der Waals surface area (Å²) in [6.45, 7) is 2.22. The first kappa shape index (κ1) is 16.7. The molecule has 1 N–H and O–H groups in total. The van der Waals surface area contributed by atoms with E-state index < -0.39 is 0 Å². The molecule has 128 valence electrons. The Morgan fingerprint density at radius 1 is 1.20 bits per heavy atom. The monoisotopic (exact) mass is 337 g/mol. The molecule has 3 aromatic rings. The molecule has 0 atom stereocenters. The fraction of sp³-hybridized carbons (Fsp3) is 0.211. The molecule has 0 radical (unpaired) electrons. The van der Waals surface area contributed by atoms with Crippen LogP contribution in [-0.2, 0) is 17.8 Å². The van der Waals surface area contributed by atoms with Crippen molar-refractivity contribution in [3.8, 4) is 17.3 Å². The zero-order valence-corrected chi connectivity index (χ0v) is 14.2. The first-order chi connectivity index (χ1) is 12.2. The highest BCUT2D eigenvalue weighted by molar-refractivity contribution is 5.78. The van der Waals surface area contributed by atoms with Crippen LogP contribution in [0, 0.1) is 6.92 Å². The average Bonchev–Trinajstić information content (AvgIpc) is 3.01. The van der Waals surface area contributed by atoms with Crippen LogP contribution in [0.5, 0.6) is 5.88 Å². The van der Waals surface area contributed by atoms with E-state index in [9.17, 15) is 4.79 Å². The number of carbonyl (C=O) groups is 1. The van der Waals surface area contributed by atoms with Gasteiger partial charge in [-0.3, -0.25) is 4.79 Å². The second kappa shape index (κ2) is 7.61. The Morgan fingerprint density at radius 3 is 2.68 bits per heavy atom. The quantitative estimate of drug-likeness (QED) is 0.748. The number of aryl methyl sites for hydroxylation is 1. The van der Waals surface area contributed by atoms with Gasteiger partial charge in [-0.05, 0) is 24.6 Å². The van der Waals surface area contributed by atoms with Gasteiger partial charge in [-0.25, -0.2) is 9.97 Å². The number of amides is 1. The van der Waals surface area contributed by atoms with Crippen LogP contribution in [0.15, 0.2) is 53.1 Å². The van der Waals surface area contributed by atoms with Gasteiger partial charge in [0.25, 0.3) is 0 Å². The van der Waals surface area contributed by atoms with Gasteiger partial charge in [0.15, 0.2) is 0 Å². The second-order valence-corrected chi connectivity index (χ2v) is 5.55. The Hall–Kier alpha value is -3.15. The van der Waals surface area contributed by atoms with Crippen molar-refractivity contribution in [3.05, 3.63) is 65.7 Å². The largest absolute Gasteiger partial charge is 0.481 e. The van der Waals surface area contributed by atoms with E-state index in [1.165, 1.54) is 0 Å². The van der Waals surface area contributed by atoms with Gasteiger partial charge in [-0.1, -0.05) is 24.3 Å². The van der Waals surface area contributed by atoms with Crippen LogP contribution in [0.3, 0.4) is 0 Å². The lowest BCUT2D eigenvalue weighted by Crippen LogP contribution is -2.25. The Morgan fingerprint density at radius 2 is 2.00 bits per heavy atom. The maximum absolute atomic E-state index is 12.2. The molecule has 0 aliphatic rings. The maximum atomic E-state index is 12.2. The van der Waals surface area contributed by atoms with Crippen molar-refractivity contribution in [2.75, 3.05) is 7.11 Å². The van der Waals surface area contributed by atoms with Crippen molar-refractivity contribution in [2.45, 2.75) is 19.9 Å². The normalized spacial score (nSPS) is 10.5. The van der Waals surface area contributed by atoms with Gasteiger partial charge in [-0.2, -0.15) is 0 Å². The fourth-order valence-electron chi connectivity index (χ4n) is 2.35. The van der Waals surface area contributed by atoms with Crippen LogP contribution in [0.1, 0.15) is 17.0 Å². The fourth-order valence-corrected chi connectivity index (χ4v) is 2.35. The molecule has 6 nitrogen and oxygen atoms in total. The molecule has 0 saturated carbocycles. The molecule has 2 heterocycles. The molecule has 2 aromatic heterocycles. The van der Waals surface area contributed by atoms with Crippen LogP contribution < -0.4 is 10.1 Å². The van der Waals surface area contributed by atoms with Gasteiger partial charge in [-0.15, -0.1) is 0 Å². The summed E-state index contributed by atoms with van der Waals surface area (Å²) in [4.78, 5) is 20.7. The number of nitrogens with one attached hydrogen (secondary N) is 1. The molecule has 0 unspecified atom stereocenters. The minimum Gasteiger partial charge on any atom is -0.481 e. The number of ether oxygens (including phenoxy) is 1. The summed E-state index contributed by atoms with van der Waals surface area (Å²) in [5.41, 5.74) is 2.43. The van der Waals surface area contributed by atoms with Crippen molar-refractivity contribution in [2.24, 2.45) is 0 Å². The molecule has 0 saturated heterocycles. The molecular formula is C19H19N3O3. The Labute approximate surface area is 145 Å². The standard InChI is InChI=1S/C19H19N3O3/c1-13-16(22-19(25-13)15-6-4-3-5-7-15)10-17(23)20-11-14-8-9-18(24-2)21-12-14/h3-9,12H,10-11H2,1-2H3,(H,20,23). The molecule has 0 spiro atoms. The van der Waals surface area contributed by atoms with Crippen LogP contribution in [-0.4, -0.2) is 23.0 Å². The molecule has 0 aliphatic carbocycles. The number of carbonyl (C=O) groups excluding carboxylic acids is 1. The molecular weight excluding hydrogens is 318 g/mol. The highest BCUT2D eigenvalue weighted by atomic mass is 16.5. The van der Waals surface area contributed by atoms with E-state index in [4.69, 9.17) is 9.15 Å². The summed E-state index contributed by atoms with van der Waals surface area (Å²) in [5, 5.41) is 2.86. The van der Waals surface area contributed by atoms with E-state index in [0.717, 1.165) is 11.1 Å². The maximum Gasteiger partial charge on any atom is 0.226 e. The number of hydrogen-bond donors (Lipinski definition) is 1. The predicted octanol–water partition coefficient (Wildman–Crippen LogP) is 2.91. The van der Waals surface area contributed by atoms with Crippen LogP contribution in [0.25, 0.3) is 11.5 Å². The van der Waals surface area contributed by atoms with E-state index in [0.29, 0.717) is 29.8 Å². The van der Waals surface area contributed by atoms with E-state index in [-0.39, 0.29) is 12.3 Å². The summed E-state index contributed by atoms with van der Waals surface area (Å²) < 4.78 is 10.7. The molecule has 3 rings (SSSR count). The number of oxazole rings is 1. The van der Waals surface area contributed by atoms with Crippen molar-refractivity contribution < 1.29 is 13.9 Å². The predicted molar refractivity (Wildman–Crippen MR) is 93.0 cm³/mol. The summed E-state index contributed by atoms with van der Waals surface area (Å²) in [6.07, 6.45) is 1.85. The van der Waals surface area contributed by atoms with Crippen molar-refractivity contribution in [1.82, 2.24) is 15.3 Å². The summed E-state index contributed by atoms with van der Waals surface area (Å²) >= 11 is 0. The van der Waals surface area contributed by atoms with Crippen LogP contribution in [0.4, 0.5) is 0 Å². The summed E-state index contributed by atoms with van der Waals surface area (Å²) in [5.74, 6) is 1.61. The lowest BCUT2D eigenvalue weighted by Gasteiger charge is -2.05. The van der Waals surface area contributed by atoms with Gasteiger partial charge >= 0.3 is 0 Å². The second-order valence-electron chi connectivity index (χ2n) is 5.55. The summed E-state index contributed by atoms with van der Waals surface area (Å²) in [7, 11) is 1.56. The van der Waals surface area contributed by atoms with E-state index in [1.54, 1.807) is 19.4 Å².